The van der Waals surface area contributed by atoms with Crippen molar-refractivity contribution in [2.45, 2.75) is 51.2 Å². The van der Waals surface area contributed by atoms with E-state index in [9.17, 15) is 5.11 Å². The van der Waals surface area contributed by atoms with Gasteiger partial charge in [0.25, 0.3) is 0 Å². The number of nitriles is 1. The normalized spacial score (nSPS) is 26.4. The smallest absolute Gasteiger partial charge is 0.120 e. The van der Waals surface area contributed by atoms with Crippen molar-refractivity contribution >= 4 is 0 Å². The lowest BCUT2D eigenvalue weighted by Crippen LogP contribution is -2.43. The summed E-state index contributed by atoms with van der Waals surface area (Å²) < 4.78 is 1.83. The molecule has 0 amide bonds. The first-order valence-corrected chi connectivity index (χ1v) is 7.55. The molecule has 0 aromatic carbocycles. The number of nitrogens with one attached hydrogen (secondary N) is 1. The molecular weight excluding hydrogens is 250 g/mol. The van der Waals surface area contributed by atoms with Crippen LogP contribution in [0, 0.1) is 17.2 Å². The molecule has 4 heteroatoms. The summed E-state index contributed by atoms with van der Waals surface area (Å²) >= 11 is 0. The summed E-state index contributed by atoms with van der Waals surface area (Å²) in [6.07, 6.45) is 7.26. The molecule has 0 aliphatic heterocycles. The molecule has 0 saturated heterocycles. The Balaban J connectivity index is 1.79. The molecule has 20 heavy (non-hydrogen) atoms. The molecule has 1 aromatic rings. The first-order valence-electron chi connectivity index (χ1n) is 7.55. The van der Waals surface area contributed by atoms with Crippen molar-refractivity contribution in [3.63, 3.8) is 0 Å². The van der Waals surface area contributed by atoms with Gasteiger partial charge in [0.1, 0.15) is 11.8 Å². The van der Waals surface area contributed by atoms with E-state index in [0.717, 1.165) is 37.2 Å². The van der Waals surface area contributed by atoms with Gasteiger partial charge in [-0.25, -0.2) is 0 Å². The number of aromatic nitrogens is 1. The third-order valence-corrected chi connectivity index (χ3v) is 4.57. The van der Waals surface area contributed by atoms with E-state index < -0.39 is 5.60 Å². The molecule has 1 heterocycles. The van der Waals surface area contributed by atoms with Crippen LogP contribution in [-0.2, 0) is 13.6 Å². The maximum Gasteiger partial charge on any atom is 0.120 e. The topological polar surface area (TPSA) is 61.0 Å². The molecule has 0 atom stereocenters. The molecule has 0 spiro atoms. The molecule has 2 rings (SSSR count). The van der Waals surface area contributed by atoms with Gasteiger partial charge in [-0.2, -0.15) is 5.26 Å². The fourth-order valence-electron chi connectivity index (χ4n) is 3.08. The molecule has 1 fully saturated rings. The summed E-state index contributed by atoms with van der Waals surface area (Å²) in [6.45, 7) is 3.57. The summed E-state index contributed by atoms with van der Waals surface area (Å²) in [5.41, 5.74) is 1.22. The van der Waals surface area contributed by atoms with E-state index >= 15 is 0 Å². The number of aryl methyl sites for hydroxylation is 1. The SMILES string of the molecule is CCC1CCC(O)(CNCc2cc(C#N)n(C)c2)CC1. The van der Waals surface area contributed by atoms with Crippen LogP contribution in [0.2, 0.25) is 0 Å². The quantitative estimate of drug-likeness (QED) is 0.867. The van der Waals surface area contributed by atoms with Gasteiger partial charge in [-0.1, -0.05) is 13.3 Å². The summed E-state index contributed by atoms with van der Waals surface area (Å²) in [5.74, 6) is 0.794. The second kappa shape index (κ2) is 6.43. The Morgan fingerprint density at radius 3 is 2.75 bits per heavy atom. The minimum Gasteiger partial charge on any atom is -0.389 e. The average molecular weight is 275 g/mol. The molecule has 110 valence electrons. The van der Waals surface area contributed by atoms with E-state index in [-0.39, 0.29) is 0 Å². The molecule has 2 N–H and O–H groups in total. The average Bonchev–Trinajstić information content (AvgIpc) is 2.80. The Morgan fingerprint density at radius 2 is 2.20 bits per heavy atom. The van der Waals surface area contributed by atoms with Crippen LogP contribution < -0.4 is 5.32 Å². The first-order chi connectivity index (χ1) is 9.56. The minimum atomic E-state index is -0.543. The van der Waals surface area contributed by atoms with Crippen LogP contribution in [0.4, 0.5) is 0 Å². The van der Waals surface area contributed by atoms with Crippen LogP contribution in [0.25, 0.3) is 0 Å². The van der Waals surface area contributed by atoms with Crippen LogP contribution in [0.1, 0.15) is 50.3 Å². The molecular formula is C16H25N3O. The zero-order valence-electron chi connectivity index (χ0n) is 12.5. The Kier molecular flexibility index (Phi) is 4.85. The van der Waals surface area contributed by atoms with Gasteiger partial charge >= 0.3 is 0 Å². The number of nitrogens with zero attached hydrogens (tertiary/aromatic N) is 2. The van der Waals surface area contributed by atoms with Gasteiger partial charge in [0.2, 0.25) is 0 Å². The van der Waals surface area contributed by atoms with Gasteiger partial charge in [0.05, 0.1) is 5.60 Å². The standard InChI is InChI=1S/C16H25N3O/c1-3-13-4-6-16(20,7-5-13)12-18-10-14-8-15(9-17)19(2)11-14/h8,11,13,18,20H,3-7,10,12H2,1-2H3. The molecule has 1 saturated carbocycles. The highest BCUT2D eigenvalue weighted by Crippen LogP contribution is 2.33. The fraction of sp³-hybridized carbons (Fsp3) is 0.688. The summed E-state index contributed by atoms with van der Waals surface area (Å²) in [5, 5.41) is 22.8. The van der Waals surface area contributed by atoms with Crippen LogP contribution in [0.5, 0.6) is 0 Å². The lowest BCUT2D eigenvalue weighted by molar-refractivity contribution is -0.00881. The highest BCUT2D eigenvalue weighted by atomic mass is 16.3. The van der Waals surface area contributed by atoms with Crippen LogP contribution in [-0.4, -0.2) is 21.8 Å². The Hall–Kier alpha value is -1.31. The Labute approximate surface area is 121 Å². The summed E-state index contributed by atoms with van der Waals surface area (Å²) in [6, 6.07) is 4.05. The second-order valence-electron chi connectivity index (χ2n) is 6.14. The molecule has 4 nitrogen and oxygen atoms in total. The molecule has 0 radical (unpaired) electrons. The second-order valence-corrected chi connectivity index (χ2v) is 6.14. The number of aliphatic hydroxyl groups is 1. The van der Waals surface area contributed by atoms with Crippen molar-refractivity contribution < 1.29 is 5.11 Å². The number of rotatable bonds is 5. The van der Waals surface area contributed by atoms with E-state index in [1.807, 2.05) is 23.9 Å². The highest BCUT2D eigenvalue weighted by Gasteiger charge is 2.32. The van der Waals surface area contributed by atoms with E-state index in [1.165, 1.54) is 6.42 Å². The maximum atomic E-state index is 10.5. The lowest BCUT2D eigenvalue weighted by Gasteiger charge is -2.36. The molecule has 0 unspecified atom stereocenters. The summed E-state index contributed by atoms with van der Waals surface area (Å²) in [4.78, 5) is 0. The highest BCUT2D eigenvalue weighted by molar-refractivity contribution is 5.28. The van der Waals surface area contributed by atoms with E-state index in [1.54, 1.807) is 0 Å². The van der Waals surface area contributed by atoms with E-state index in [4.69, 9.17) is 5.26 Å². The van der Waals surface area contributed by atoms with Crippen LogP contribution in [0.3, 0.4) is 0 Å². The molecule has 1 aliphatic carbocycles. The van der Waals surface area contributed by atoms with Gasteiger partial charge in [-0.3, -0.25) is 0 Å². The predicted octanol–water partition coefficient (Wildman–Crippen LogP) is 2.32. The minimum absolute atomic E-state index is 0.543. The first kappa shape index (κ1) is 15.1. The Morgan fingerprint density at radius 1 is 1.50 bits per heavy atom. The van der Waals surface area contributed by atoms with Crippen molar-refractivity contribution in [3.8, 4) is 6.07 Å². The zero-order chi connectivity index (χ0) is 14.6. The van der Waals surface area contributed by atoms with E-state index in [2.05, 4.69) is 18.3 Å². The van der Waals surface area contributed by atoms with Crippen molar-refractivity contribution in [1.29, 1.82) is 5.26 Å². The predicted molar refractivity (Wildman–Crippen MR) is 79.0 cm³/mol. The van der Waals surface area contributed by atoms with Crippen molar-refractivity contribution in [2.75, 3.05) is 6.54 Å². The van der Waals surface area contributed by atoms with Crippen molar-refractivity contribution in [1.82, 2.24) is 9.88 Å². The van der Waals surface area contributed by atoms with Crippen molar-refractivity contribution in [3.05, 3.63) is 23.5 Å². The van der Waals surface area contributed by atoms with Gasteiger partial charge in [-0.15, -0.1) is 0 Å². The largest absolute Gasteiger partial charge is 0.389 e. The van der Waals surface area contributed by atoms with Crippen molar-refractivity contribution in [2.24, 2.45) is 13.0 Å². The van der Waals surface area contributed by atoms with Crippen LogP contribution >= 0.6 is 0 Å². The lowest BCUT2D eigenvalue weighted by atomic mass is 9.78. The fourth-order valence-corrected chi connectivity index (χ4v) is 3.08. The monoisotopic (exact) mass is 275 g/mol. The maximum absolute atomic E-state index is 10.5. The third kappa shape index (κ3) is 3.62. The molecule has 0 bridgehead atoms. The zero-order valence-corrected chi connectivity index (χ0v) is 12.5. The van der Waals surface area contributed by atoms with E-state index in [0.29, 0.717) is 18.8 Å². The summed E-state index contributed by atoms with van der Waals surface area (Å²) in [7, 11) is 1.88. The third-order valence-electron chi connectivity index (χ3n) is 4.57. The Bertz CT molecular complexity index is 478. The number of hydrogen-bond acceptors (Lipinski definition) is 3. The van der Waals surface area contributed by atoms with Gasteiger partial charge in [-0.05, 0) is 43.2 Å². The van der Waals surface area contributed by atoms with Crippen LogP contribution in [0.15, 0.2) is 12.3 Å². The molecule has 1 aromatic heterocycles. The number of hydrogen-bond donors (Lipinski definition) is 2. The van der Waals surface area contributed by atoms with Gasteiger partial charge in [0, 0.05) is 26.3 Å². The van der Waals surface area contributed by atoms with Gasteiger partial charge < -0.3 is 15.0 Å². The molecule has 1 aliphatic rings. The van der Waals surface area contributed by atoms with Gasteiger partial charge in [0.15, 0.2) is 0 Å².